The van der Waals surface area contributed by atoms with Crippen molar-refractivity contribution < 1.29 is 29.3 Å². The normalized spacial score (nSPS) is 18.5. The zero-order valence-electron chi connectivity index (χ0n) is 30.5. The monoisotopic (exact) mass is 707 g/mol. The maximum atomic E-state index is 12.4. The van der Waals surface area contributed by atoms with Crippen LogP contribution >= 0.6 is 0 Å². The summed E-state index contributed by atoms with van der Waals surface area (Å²) in [7, 11) is 2.02. The molecule has 0 unspecified atom stereocenters. The van der Waals surface area contributed by atoms with E-state index < -0.39 is 12.4 Å². The van der Waals surface area contributed by atoms with Gasteiger partial charge in [-0.15, -0.1) is 0 Å². The predicted octanol–water partition coefficient (Wildman–Crippen LogP) is 6.76. The van der Waals surface area contributed by atoms with Crippen molar-refractivity contribution in [3.63, 3.8) is 0 Å². The standard InChI is InChI=1S/C43H53N3O6/c1-30(42(50)36-12-6-4-7-13-36)46(3)28-39-26-40(35-18-16-32(29-47)17-19-35)52-43(51-39)37-22-20-34(21-23-37)38-14-10-11-33(25-38)27-45-41(49)15-8-5-9-24-44-31(2)48/h4,6-7,10-14,16-23,25,30,39-40,42-43,47,50H,5,8-9,15,24,26-29H2,1-3H3,(H,44,48)(H,45,49)/t30-,39+,40-,42-,43-/m0/s1. The highest BCUT2D eigenvalue weighted by Gasteiger charge is 2.34. The minimum atomic E-state index is -0.635. The fourth-order valence-electron chi connectivity index (χ4n) is 6.52. The fraction of sp³-hybridized carbons (Fsp3) is 0.395. The number of carbonyl (C=O) groups is 2. The zero-order valence-corrected chi connectivity index (χ0v) is 30.5. The van der Waals surface area contributed by atoms with Crippen molar-refractivity contribution in [2.24, 2.45) is 0 Å². The number of carbonyl (C=O) groups excluding carboxylic acids is 2. The molecule has 5 rings (SSSR count). The second-order valence-electron chi connectivity index (χ2n) is 13.8. The van der Waals surface area contributed by atoms with Crippen LogP contribution in [0.3, 0.4) is 0 Å². The van der Waals surface area contributed by atoms with E-state index in [1.165, 1.54) is 6.92 Å². The second-order valence-corrected chi connectivity index (χ2v) is 13.8. The second kappa shape index (κ2) is 19.5. The third-order valence-corrected chi connectivity index (χ3v) is 9.79. The van der Waals surface area contributed by atoms with Gasteiger partial charge in [0.1, 0.15) is 0 Å². The van der Waals surface area contributed by atoms with Crippen molar-refractivity contribution in [1.82, 2.24) is 15.5 Å². The van der Waals surface area contributed by atoms with Crippen molar-refractivity contribution in [3.8, 4) is 11.1 Å². The number of rotatable bonds is 17. The molecule has 5 atom stereocenters. The number of likely N-dealkylation sites (N-methyl/N-ethyl adjacent to an activating group) is 1. The Balaban J connectivity index is 1.22. The molecule has 1 aliphatic heterocycles. The zero-order chi connectivity index (χ0) is 36.9. The van der Waals surface area contributed by atoms with Gasteiger partial charge in [0.05, 0.1) is 24.9 Å². The Morgan fingerprint density at radius 2 is 1.56 bits per heavy atom. The van der Waals surface area contributed by atoms with E-state index in [4.69, 9.17) is 9.47 Å². The molecular weight excluding hydrogens is 654 g/mol. The van der Waals surface area contributed by atoms with Crippen LogP contribution in [0.5, 0.6) is 0 Å². The summed E-state index contributed by atoms with van der Waals surface area (Å²) in [4.78, 5) is 25.5. The number of nitrogens with zero attached hydrogens (tertiary/aromatic N) is 1. The van der Waals surface area contributed by atoms with Crippen LogP contribution in [0.15, 0.2) is 103 Å². The van der Waals surface area contributed by atoms with Gasteiger partial charge in [-0.25, -0.2) is 0 Å². The van der Waals surface area contributed by atoms with Crippen LogP contribution in [0, 0.1) is 0 Å². The average molecular weight is 708 g/mol. The van der Waals surface area contributed by atoms with Gasteiger partial charge >= 0.3 is 0 Å². The first-order chi connectivity index (χ1) is 25.2. The van der Waals surface area contributed by atoms with Crippen molar-refractivity contribution in [2.75, 3.05) is 20.1 Å². The lowest BCUT2D eigenvalue weighted by atomic mass is 9.98. The van der Waals surface area contributed by atoms with Crippen molar-refractivity contribution >= 4 is 11.8 Å². The Morgan fingerprint density at radius 1 is 0.827 bits per heavy atom. The van der Waals surface area contributed by atoms with Crippen molar-refractivity contribution in [1.29, 1.82) is 0 Å². The summed E-state index contributed by atoms with van der Waals surface area (Å²) in [6, 6.07) is 33.9. The molecule has 4 aromatic carbocycles. The van der Waals surface area contributed by atoms with E-state index in [1.54, 1.807) is 0 Å². The first-order valence-electron chi connectivity index (χ1n) is 18.3. The highest BCUT2D eigenvalue weighted by Crippen LogP contribution is 2.39. The topological polar surface area (TPSA) is 120 Å². The molecule has 0 aromatic heterocycles. The molecule has 0 saturated carbocycles. The van der Waals surface area contributed by atoms with Gasteiger partial charge in [0, 0.05) is 51.0 Å². The van der Waals surface area contributed by atoms with Crippen LogP contribution in [0.2, 0.25) is 0 Å². The summed E-state index contributed by atoms with van der Waals surface area (Å²) in [6.45, 7) is 5.23. The number of ether oxygens (including phenoxy) is 2. The highest BCUT2D eigenvalue weighted by atomic mass is 16.7. The first-order valence-corrected chi connectivity index (χ1v) is 18.3. The molecule has 1 aliphatic rings. The molecule has 9 nitrogen and oxygen atoms in total. The summed E-state index contributed by atoms with van der Waals surface area (Å²) >= 11 is 0. The van der Waals surface area contributed by atoms with E-state index >= 15 is 0 Å². The minimum absolute atomic E-state index is 0.0144. The number of hydrogen-bond acceptors (Lipinski definition) is 7. The molecule has 0 radical (unpaired) electrons. The van der Waals surface area contributed by atoms with Crippen molar-refractivity contribution in [3.05, 3.63) is 131 Å². The summed E-state index contributed by atoms with van der Waals surface area (Å²) in [5.74, 6) is -0.00464. The average Bonchev–Trinajstić information content (AvgIpc) is 3.18. The van der Waals surface area contributed by atoms with Gasteiger partial charge in [-0.1, -0.05) is 103 Å². The Morgan fingerprint density at radius 3 is 2.27 bits per heavy atom. The molecule has 2 amide bonds. The van der Waals surface area contributed by atoms with Gasteiger partial charge in [0.2, 0.25) is 11.8 Å². The molecule has 0 spiro atoms. The molecular formula is C43H53N3O6. The Labute approximate surface area is 308 Å². The van der Waals surface area contributed by atoms with Crippen LogP contribution in [-0.2, 0) is 32.2 Å². The number of unbranched alkanes of at least 4 members (excludes halogenated alkanes) is 2. The van der Waals surface area contributed by atoms with Crippen LogP contribution < -0.4 is 10.6 Å². The molecule has 1 heterocycles. The predicted molar refractivity (Wildman–Crippen MR) is 203 cm³/mol. The summed E-state index contributed by atoms with van der Waals surface area (Å²) in [5.41, 5.74) is 6.78. The highest BCUT2D eigenvalue weighted by molar-refractivity contribution is 5.76. The Bertz CT molecular complexity index is 1700. The van der Waals surface area contributed by atoms with E-state index in [0.717, 1.165) is 58.2 Å². The van der Waals surface area contributed by atoms with E-state index in [-0.39, 0.29) is 36.7 Å². The van der Waals surface area contributed by atoms with E-state index in [0.29, 0.717) is 32.5 Å². The molecule has 9 heteroatoms. The van der Waals surface area contributed by atoms with Crippen LogP contribution in [0.4, 0.5) is 0 Å². The number of hydrogen-bond donors (Lipinski definition) is 4. The van der Waals surface area contributed by atoms with Gasteiger partial charge in [0.15, 0.2) is 6.29 Å². The minimum Gasteiger partial charge on any atom is -0.392 e. The number of benzene rings is 4. The molecule has 0 bridgehead atoms. The fourth-order valence-corrected chi connectivity index (χ4v) is 6.52. The molecule has 1 fully saturated rings. The summed E-state index contributed by atoms with van der Waals surface area (Å²) < 4.78 is 13.2. The SMILES string of the molecule is CC(=O)NCCCCCC(=O)NCc1cccc(-c2ccc([C@H]3O[C@@H](CN(C)[C@@H](C)[C@H](O)c4ccccc4)C[C@@H](c4ccc(CO)cc4)O3)cc2)c1. The maximum Gasteiger partial charge on any atom is 0.220 e. The maximum absolute atomic E-state index is 12.4. The summed E-state index contributed by atoms with van der Waals surface area (Å²) in [5, 5.41) is 26.5. The van der Waals surface area contributed by atoms with E-state index in [9.17, 15) is 19.8 Å². The van der Waals surface area contributed by atoms with E-state index in [1.807, 2.05) is 92.8 Å². The lowest BCUT2D eigenvalue weighted by molar-refractivity contribution is -0.253. The van der Waals surface area contributed by atoms with Gasteiger partial charge in [-0.05, 0) is 66.3 Å². The molecule has 0 aliphatic carbocycles. The number of amides is 2. The van der Waals surface area contributed by atoms with Gasteiger partial charge in [-0.3, -0.25) is 14.5 Å². The smallest absolute Gasteiger partial charge is 0.220 e. The van der Waals surface area contributed by atoms with Gasteiger partial charge in [0.25, 0.3) is 0 Å². The number of nitrogens with one attached hydrogen (secondary N) is 2. The van der Waals surface area contributed by atoms with Gasteiger partial charge in [-0.2, -0.15) is 0 Å². The van der Waals surface area contributed by atoms with Crippen LogP contribution in [0.1, 0.15) is 92.3 Å². The first kappa shape index (κ1) is 38.8. The molecule has 4 N–H and O–H groups in total. The molecule has 1 saturated heterocycles. The lowest BCUT2D eigenvalue weighted by Gasteiger charge is -2.39. The van der Waals surface area contributed by atoms with Crippen LogP contribution in [0.25, 0.3) is 11.1 Å². The van der Waals surface area contributed by atoms with Crippen LogP contribution in [-0.4, -0.2) is 59.2 Å². The molecule has 4 aromatic rings. The Kier molecular flexibility index (Phi) is 14.5. The van der Waals surface area contributed by atoms with E-state index in [2.05, 4.69) is 39.8 Å². The Hall–Kier alpha value is -4.38. The third kappa shape index (κ3) is 11.3. The molecule has 276 valence electrons. The van der Waals surface area contributed by atoms with Crippen molar-refractivity contribution in [2.45, 2.75) is 89.7 Å². The number of aliphatic hydroxyl groups is 2. The third-order valence-electron chi connectivity index (χ3n) is 9.79. The quantitative estimate of drug-likeness (QED) is 0.0896. The lowest BCUT2D eigenvalue weighted by Crippen LogP contribution is -2.43. The van der Waals surface area contributed by atoms with Gasteiger partial charge < -0.3 is 30.3 Å². The number of aliphatic hydroxyl groups excluding tert-OH is 2. The largest absolute Gasteiger partial charge is 0.392 e. The molecule has 52 heavy (non-hydrogen) atoms. The summed E-state index contributed by atoms with van der Waals surface area (Å²) in [6.07, 6.45) is 2.06.